The second-order valence-electron chi connectivity index (χ2n) is 3.50. The number of nitrogens with two attached hydrogens (primary N) is 1. The summed E-state index contributed by atoms with van der Waals surface area (Å²) < 4.78 is 10.8. The third-order valence-electron chi connectivity index (χ3n) is 2.30. The smallest absolute Gasteiger partial charge is 0.220 e. The topological polar surface area (TPSA) is 57.4 Å². The molecule has 1 aromatic carbocycles. The van der Waals surface area contributed by atoms with Crippen LogP contribution in [0.2, 0.25) is 0 Å². The Morgan fingerprint density at radius 1 is 1.22 bits per heavy atom. The zero-order valence-electron chi connectivity index (χ0n) is 9.79. The number of hydrogen-bond acceptors (Lipinski definition) is 4. The maximum atomic E-state index is 5.64. The first-order chi connectivity index (χ1) is 8.70. The van der Waals surface area contributed by atoms with Crippen molar-refractivity contribution in [3.8, 4) is 17.4 Å². The Kier molecular flexibility index (Phi) is 3.74. The number of hydrogen-bond donors (Lipinski definition) is 1. The minimum Gasteiger partial charge on any atom is -0.493 e. The van der Waals surface area contributed by atoms with Crippen molar-refractivity contribution >= 4 is 17.2 Å². The Labute approximate surface area is 110 Å². The van der Waals surface area contributed by atoms with Crippen LogP contribution in [-0.2, 0) is 0 Å². The van der Waals surface area contributed by atoms with Gasteiger partial charge in [-0.1, -0.05) is 24.4 Å². The van der Waals surface area contributed by atoms with Crippen molar-refractivity contribution in [1.82, 2.24) is 4.98 Å². The van der Waals surface area contributed by atoms with Crippen molar-refractivity contribution in [3.05, 3.63) is 48.2 Å². The molecule has 0 atom stereocenters. The van der Waals surface area contributed by atoms with Gasteiger partial charge in [-0.15, -0.1) is 0 Å². The predicted molar refractivity (Wildman–Crippen MR) is 73.2 cm³/mol. The van der Waals surface area contributed by atoms with E-state index in [1.807, 2.05) is 18.2 Å². The molecule has 0 fully saturated rings. The van der Waals surface area contributed by atoms with Gasteiger partial charge in [0.25, 0.3) is 0 Å². The quantitative estimate of drug-likeness (QED) is 0.856. The van der Waals surface area contributed by atoms with E-state index in [0.717, 1.165) is 0 Å². The van der Waals surface area contributed by atoms with Crippen LogP contribution in [0, 0.1) is 0 Å². The average Bonchev–Trinajstić information content (AvgIpc) is 2.39. The Morgan fingerprint density at radius 2 is 1.94 bits per heavy atom. The van der Waals surface area contributed by atoms with Crippen LogP contribution in [0.4, 0.5) is 0 Å². The molecule has 92 valence electrons. The second kappa shape index (κ2) is 5.46. The number of para-hydroxylation sites is 2. The van der Waals surface area contributed by atoms with Crippen LogP contribution in [0.1, 0.15) is 5.56 Å². The molecular formula is C13H12N2O2S. The molecule has 0 aliphatic rings. The minimum atomic E-state index is 0.308. The van der Waals surface area contributed by atoms with Gasteiger partial charge >= 0.3 is 0 Å². The standard InChI is InChI=1S/C13H12N2O2S/c1-16-10-4-2-3-5-11(10)17-12-8-9(13(14)18)6-7-15-12/h2-8H,1H3,(H2,14,18). The summed E-state index contributed by atoms with van der Waals surface area (Å²) >= 11 is 4.90. The van der Waals surface area contributed by atoms with Crippen molar-refractivity contribution in [2.75, 3.05) is 7.11 Å². The average molecular weight is 260 g/mol. The summed E-state index contributed by atoms with van der Waals surface area (Å²) in [6, 6.07) is 10.8. The molecule has 2 aromatic rings. The van der Waals surface area contributed by atoms with E-state index in [1.54, 1.807) is 31.5 Å². The van der Waals surface area contributed by atoms with Gasteiger partial charge in [-0.25, -0.2) is 4.98 Å². The second-order valence-corrected chi connectivity index (χ2v) is 3.94. The van der Waals surface area contributed by atoms with Crippen LogP contribution in [0.5, 0.6) is 17.4 Å². The summed E-state index contributed by atoms with van der Waals surface area (Å²) in [4.78, 5) is 4.41. The summed E-state index contributed by atoms with van der Waals surface area (Å²) in [5, 5.41) is 0. The fourth-order valence-corrected chi connectivity index (χ4v) is 1.56. The SMILES string of the molecule is COc1ccccc1Oc1cc(C(N)=S)ccn1. The molecule has 5 heteroatoms. The molecule has 4 nitrogen and oxygen atoms in total. The third kappa shape index (κ3) is 2.75. The van der Waals surface area contributed by atoms with Crippen molar-refractivity contribution in [2.24, 2.45) is 5.73 Å². The lowest BCUT2D eigenvalue weighted by atomic mass is 10.2. The highest BCUT2D eigenvalue weighted by atomic mass is 32.1. The summed E-state index contributed by atoms with van der Waals surface area (Å²) in [5.74, 6) is 1.65. The maximum Gasteiger partial charge on any atom is 0.220 e. The number of benzene rings is 1. The molecule has 2 rings (SSSR count). The summed E-state index contributed by atoms with van der Waals surface area (Å²) in [6.07, 6.45) is 1.60. The number of ether oxygens (including phenoxy) is 2. The number of methoxy groups -OCH3 is 1. The normalized spacial score (nSPS) is 9.83. The van der Waals surface area contributed by atoms with E-state index < -0.39 is 0 Å². The van der Waals surface area contributed by atoms with E-state index in [0.29, 0.717) is 27.9 Å². The molecular weight excluding hydrogens is 248 g/mol. The van der Waals surface area contributed by atoms with Crippen LogP contribution in [0.3, 0.4) is 0 Å². The molecule has 0 spiro atoms. The Morgan fingerprint density at radius 3 is 2.61 bits per heavy atom. The molecule has 0 aliphatic heterocycles. The molecule has 0 bridgehead atoms. The van der Waals surface area contributed by atoms with Gasteiger partial charge in [0.05, 0.1) is 7.11 Å². The van der Waals surface area contributed by atoms with E-state index >= 15 is 0 Å². The molecule has 0 unspecified atom stereocenters. The van der Waals surface area contributed by atoms with Gasteiger partial charge in [-0.2, -0.15) is 0 Å². The van der Waals surface area contributed by atoms with Crippen LogP contribution in [-0.4, -0.2) is 17.1 Å². The third-order valence-corrected chi connectivity index (χ3v) is 2.54. The van der Waals surface area contributed by atoms with Gasteiger partial charge in [0.2, 0.25) is 5.88 Å². The first-order valence-corrected chi connectivity index (χ1v) is 5.68. The summed E-state index contributed by atoms with van der Waals surface area (Å²) in [7, 11) is 1.58. The largest absolute Gasteiger partial charge is 0.493 e. The fraction of sp³-hybridized carbons (Fsp3) is 0.0769. The van der Waals surface area contributed by atoms with Crippen molar-refractivity contribution < 1.29 is 9.47 Å². The highest BCUT2D eigenvalue weighted by Gasteiger charge is 2.06. The van der Waals surface area contributed by atoms with Gasteiger partial charge in [-0.3, -0.25) is 0 Å². The minimum absolute atomic E-state index is 0.308. The van der Waals surface area contributed by atoms with E-state index in [4.69, 9.17) is 27.4 Å². The highest BCUT2D eigenvalue weighted by Crippen LogP contribution is 2.29. The van der Waals surface area contributed by atoms with E-state index in [2.05, 4.69) is 4.98 Å². The molecule has 1 aromatic heterocycles. The van der Waals surface area contributed by atoms with Crippen LogP contribution < -0.4 is 15.2 Å². The molecule has 2 N–H and O–H groups in total. The monoisotopic (exact) mass is 260 g/mol. The molecule has 0 aliphatic carbocycles. The number of nitrogens with zero attached hydrogens (tertiary/aromatic N) is 1. The lowest BCUT2D eigenvalue weighted by Crippen LogP contribution is -2.09. The summed E-state index contributed by atoms with van der Waals surface area (Å²) in [6.45, 7) is 0. The lowest BCUT2D eigenvalue weighted by molar-refractivity contribution is 0.374. The zero-order chi connectivity index (χ0) is 13.0. The number of rotatable bonds is 4. The van der Waals surface area contributed by atoms with Crippen molar-refractivity contribution in [2.45, 2.75) is 0 Å². The molecule has 0 saturated heterocycles. The molecule has 0 radical (unpaired) electrons. The summed E-state index contributed by atoms with van der Waals surface area (Å²) in [5.41, 5.74) is 6.27. The van der Waals surface area contributed by atoms with Crippen molar-refractivity contribution in [1.29, 1.82) is 0 Å². The van der Waals surface area contributed by atoms with Gasteiger partial charge < -0.3 is 15.2 Å². The molecule has 18 heavy (non-hydrogen) atoms. The fourth-order valence-electron chi connectivity index (χ4n) is 1.43. The number of aromatic nitrogens is 1. The first kappa shape index (κ1) is 12.3. The van der Waals surface area contributed by atoms with Crippen LogP contribution >= 0.6 is 12.2 Å². The van der Waals surface area contributed by atoms with E-state index in [1.165, 1.54) is 0 Å². The van der Waals surface area contributed by atoms with Gasteiger partial charge in [0.15, 0.2) is 11.5 Å². The Hall–Kier alpha value is -2.14. The van der Waals surface area contributed by atoms with Crippen LogP contribution in [0.25, 0.3) is 0 Å². The zero-order valence-corrected chi connectivity index (χ0v) is 10.6. The van der Waals surface area contributed by atoms with Crippen molar-refractivity contribution in [3.63, 3.8) is 0 Å². The number of thiocarbonyl (C=S) groups is 1. The molecule has 1 heterocycles. The molecule has 0 saturated carbocycles. The maximum absolute atomic E-state index is 5.64. The Bertz CT molecular complexity index is 572. The van der Waals surface area contributed by atoms with Gasteiger partial charge in [0.1, 0.15) is 4.99 Å². The van der Waals surface area contributed by atoms with E-state index in [9.17, 15) is 0 Å². The predicted octanol–water partition coefficient (Wildman–Crippen LogP) is 2.52. The molecule has 0 amide bonds. The first-order valence-electron chi connectivity index (χ1n) is 5.27. The van der Waals surface area contributed by atoms with Gasteiger partial charge in [-0.05, 0) is 18.2 Å². The van der Waals surface area contributed by atoms with Crippen LogP contribution in [0.15, 0.2) is 42.6 Å². The lowest BCUT2D eigenvalue weighted by Gasteiger charge is -2.09. The van der Waals surface area contributed by atoms with E-state index in [-0.39, 0.29) is 0 Å². The Balaban J connectivity index is 2.28. The number of pyridine rings is 1. The van der Waals surface area contributed by atoms with Gasteiger partial charge in [0, 0.05) is 17.8 Å². The highest BCUT2D eigenvalue weighted by molar-refractivity contribution is 7.80.